The molecule has 0 saturated carbocycles. The molecule has 0 unspecified atom stereocenters. The van der Waals surface area contributed by atoms with Crippen LogP contribution in [-0.2, 0) is 11.3 Å². The summed E-state index contributed by atoms with van der Waals surface area (Å²) in [7, 11) is 0. The lowest BCUT2D eigenvalue weighted by Gasteiger charge is -2.33. The molecule has 1 saturated heterocycles. The first-order valence-electron chi connectivity index (χ1n) is 9.10. The van der Waals surface area contributed by atoms with E-state index in [0.717, 1.165) is 18.4 Å². The Morgan fingerprint density at radius 1 is 1.15 bits per heavy atom. The Morgan fingerprint density at radius 2 is 1.85 bits per heavy atom. The number of likely N-dealkylation sites (tertiary alicyclic amines) is 1. The van der Waals surface area contributed by atoms with Gasteiger partial charge in [0, 0.05) is 25.4 Å². The molecule has 1 aliphatic rings. The molecule has 2 aromatic rings. The molecule has 1 aromatic carbocycles. The summed E-state index contributed by atoms with van der Waals surface area (Å²) < 4.78 is 13.2. The minimum absolute atomic E-state index is 0.233. The van der Waals surface area contributed by atoms with Crippen LogP contribution in [0.2, 0.25) is 0 Å². The third kappa shape index (κ3) is 5.00. The Balaban J connectivity index is 1.49. The van der Waals surface area contributed by atoms with Gasteiger partial charge in [-0.25, -0.2) is 4.79 Å². The first kappa shape index (κ1) is 18.3. The first-order chi connectivity index (χ1) is 12.4. The number of rotatable bonds is 4. The molecule has 6 heteroatoms. The molecule has 0 radical (unpaired) electrons. The van der Waals surface area contributed by atoms with E-state index in [1.165, 1.54) is 0 Å². The minimum Gasteiger partial charge on any atom is -0.472 e. The maximum Gasteiger partial charge on any atom is 0.410 e. The molecule has 0 N–H and O–H groups in total. The number of carbonyl (C=O) groups excluding carboxylic acids is 1. The van der Waals surface area contributed by atoms with Crippen molar-refractivity contribution in [3.8, 4) is 5.88 Å². The van der Waals surface area contributed by atoms with Crippen molar-refractivity contribution in [1.29, 1.82) is 0 Å². The van der Waals surface area contributed by atoms with Crippen LogP contribution in [0.1, 0.15) is 45.2 Å². The van der Waals surface area contributed by atoms with Crippen LogP contribution in [-0.4, -0.2) is 39.5 Å². The second-order valence-corrected chi connectivity index (χ2v) is 7.61. The highest BCUT2D eigenvalue weighted by Crippen LogP contribution is 2.24. The number of carbonyl (C=O) groups is 1. The van der Waals surface area contributed by atoms with Crippen molar-refractivity contribution in [2.75, 3.05) is 13.1 Å². The number of aromatic nitrogens is 2. The Morgan fingerprint density at radius 3 is 2.50 bits per heavy atom. The van der Waals surface area contributed by atoms with E-state index in [-0.39, 0.29) is 12.1 Å². The normalized spacial score (nSPS) is 15.7. The molecule has 1 amide bonds. The van der Waals surface area contributed by atoms with Crippen molar-refractivity contribution >= 4 is 6.09 Å². The summed E-state index contributed by atoms with van der Waals surface area (Å²) >= 11 is 0. The molecule has 0 spiro atoms. The second kappa shape index (κ2) is 7.81. The largest absolute Gasteiger partial charge is 0.472 e. The summed E-state index contributed by atoms with van der Waals surface area (Å²) in [4.78, 5) is 13.9. The molecule has 0 atom stereocenters. The number of piperidine rings is 1. The molecule has 1 fully saturated rings. The average Bonchev–Trinajstić information content (AvgIpc) is 3.08. The topological polar surface area (TPSA) is 56.6 Å². The Bertz CT molecular complexity index is 713. The quantitative estimate of drug-likeness (QED) is 0.829. The van der Waals surface area contributed by atoms with Gasteiger partial charge in [0.2, 0.25) is 5.88 Å². The summed E-state index contributed by atoms with van der Waals surface area (Å²) in [5, 5.41) is 4.54. The molecule has 0 bridgehead atoms. The maximum atomic E-state index is 12.1. The zero-order chi connectivity index (χ0) is 18.6. The van der Waals surface area contributed by atoms with Crippen LogP contribution in [0.3, 0.4) is 0 Å². The van der Waals surface area contributed by atoms with Gasteiger partial charge in [-0.05, 0) is 39.2 Å². The standard InChI is InChI=1S/C20H27N3O3/c1-20(2,3)26-19(24)22-12-9-17(10-13-22)23-14-11-18(21-23)25-15-16-7-5-4-6-8-16/h4-8,11,14,17H,9-10,12-13,15H2,1-3H3. The number of benzene rings is 1. The van der Waals surface area contributed by atoms with E-state index in [1.54, 1.807) is 4.90 Å². The van der Waals surface area contributed by atoms with Gasteiger partial charge in [0.15, 0.2) is 0 Å². The number of hydrogen-bond donors (Lipinski definition) is 0. The lowest BCUT2D eigenvalue weighted by molar-refractivity contribution is 0.0184. The van der Waals surface area contributed by atoms with Crippen molar-refractivity contribution < 1.29 is 14.3 Å². The van der Waals surface area contributed by atoms with Gasteiger partial charge in [-0.2, -0.15) is 0 Å². The first-order valence-corrected chi connectivity index (χ1v) is 9.10. The summed E-state index contributed by atoms with van der Waals surface area (Å²) in [5.74, 6) is 0.628. The minimum atomic E-state index is -0.457. The molecule has 1 aliphatic heterocycles. The number of hydrogen-bond acceptors (Lipinski definition) is 4. The fourth-order valence-corrected chi connectivity index (χ4v) is 2.97. The highest BCUT2D eigenvalue weighted by atomic mass is 16.6. The van der Waals surface area contributed by atoms with E-state index in [1.807, 2.05) is 68.0 Å². The molecular formula is C20H27N3O3. The summed E-state index contributed by atoms with van der Waals surface area (Å²) in [5.41, 5.74) is 0.661. The predicted molar refractivity (Wildman–Crippen MR) is 99.1 cm³/mol. The van der Waals surface area contributed by atoms with Crippen LogP contribution in [0.4, 0.5) is 4.79 Å². The maximum absolute atomic E-state index is 12.1. The van der Waals surface area contributed by atoms with E-state index in [9.17, 15) is 4.79 Å². The summed E-state index contributed by atoms with van der Waals surface area (Å²) in [6.45, 7) is 7.53. The van der Waals surface area contributed by atoms with Gasteiger partial charge in [0.05, 0.1) is 6.04 Å². The predicted octanol–water partition coefficient (Wildman–Crippen LogP) is 4.03. The van der Waals surface area contributed by atoms with E-state index in [0.29, 0.717) is 25.6 Å². The third-order valence-corrected chi connectivity index (χ3v) is 4.30. The molecule has 26 heavy (non-hydrogen) atoms. The summed E-state index contributed by atoms with van der Waals surface area (Å²) in [6.07, 6.45) is 3.44. The van der Waals surface area contributed by atoms with Crippen molar-refractivity contribution in [2.45, 2.75) is 51.9 Å². The molecule has 3 rings (SSSR count). The van der Waals surface area contributed by atoms with Crippen LogP contribution in [0.15, 0.2) is 42.6 Å². The summed E-state index contributed by atoms with van der Waals surface area (Å²) in [6, 6.07) is 12.2. The Kier molecular flexibility index (Phi) is 5.49. The molecule has 0 aliphatic carbocycles. The fourth-order valence-electron chi connectivity index (χ4n) is 2.97. The van der Waals surface area contributed by atoms with Gasteiger partial charge in [-0.15, -0.1) is 5.10 Å². The van der Waals surface area contributed by atoms with Crippen molar-refractivity contribution in [1.82, 2.24) is 14.7 Å². The fraction of sp³-hybridized carbons (Fsp3) is 0.500. The van der Waals surface area contributed by atoms with E-state index >= 15 is 0 Å². The monoisotopic (exact) mass is 357 g/mol. The third-order valence-electron chi connectivity index (χ3n) is 4.30. The van der Waals surface area contributed by atoms with Gasteiger partial charge >= 0.3 is 6.09 Å². The van der Waals surface area contributed by atoms with Gasteiger partial charge in [0.1, 0.15) is 12.2 Å². The van der Waals surface area contributed by atoms with Gasteiger partial charge in [0.25, 0.3) is 0 Å². The molecule has 6 nitrogen and oxygen atoms in total. The number of ether oxygens (including phenoxy) is 2. The van der Waals surface area contributed by atoms with Crippen molar-refractivity contribution in [3.05, 3.63) is 48.2 Å². The number of amides is 1. The Labute approximate surface area is 154 Å². The smallest absolute Gasteiger partial charge is 0.410 e. The van der Waals surface area contributed by atoms with Crippen LogP contribution < -0.4 is 4.74 Å². The number of nitrogens with zero attached hydrogens (tertiary/aromatic N) is 3. The highest BCUT2D eigenvalue weighted by molar-refractivity contribution is 5.68. The molecule has 1 aromatic heterocycles. The molecule has 2 heterocycles. The highest BCUT2D eigenvalue weighted by Gasteiger charge is 2.27. The van der Waals surface area contributed by atoms with Crippen molar-refractivity contribution in [2.24, 2.45) is 0 Å². The Hall–Kier alpha value is -2.50. The average molecular weight is 357 g/mol. The molecule has 140 valence electrons. The zero-order valence-corrected chi connectivity index (χ0v) is 15.7. The van der Waals surface area contributed by atoms with Crippen molar-refractivity contribution in [3.63, 3.8) is 0 Å². The SMILES string of the molecule is CC(C)(C)OC(=O)N1CCC(n2ccc(OCc3ccccc3)n2)CC1. The van der Waals surface area contributed by atoms with E-state index in [2.05, 4.69) is 5.10 Å². The lowest BCUT2D eigenvalue weighted by Crippen LogP contribution is -2.42. The second-order valence-electron chi connectivity index (χ2n) is 7.61. The van der Waals surface area contributed by atoms with Crippen LogP contribution in [0, 0.1) is 0 Å². The van der Waals surface area contributed by atoms with E-state index < -0.39 is 5.60 Å². The molecular weight excluding hydrogens is 330 g/mol. The van der Waals surface area contributed by atoms with Crippen LogP contribution in [0.25, 0.3) is 0 Å². The van der Waals surface area contributed by atoms with Crippen LogP contribution >= 0.6 is 0 Å². The van der Waals surface area contributed by atoms with Gasteiger partial charge in [-0.3, -0.25) is 4.68 Å². The lowest BCUT2D eigenvalue weighted by atomic mass is 10.1. The van der Waals surface area contributed by atoms with E-state index in [4.69, 9.17) is 9.47 Å². The van der Waals surface area contributed by atoms with Crippen LogP contribution in [0.5, 0.6) is 5.88 Å². The van der Waals surface area contributed by atoms with Gasteiger partial charge in [-0.1, -0.05) is 30.3 Å². The zero-order valence-electron chi connectivity index (χ0n) is 15.7. The van der Waals surface area contributed by atoms with Gasteiger partial charge < -0.3 is 14.4 Å².